The van der Waals surface area contributed by atoms with Crippen LogP contribution in [0, 0.1) is 0 Å². The third-order valence-electron chi connectivity index (χ3n) is 5.19. The number of halogens is 1. The molecule has 1 aromatic rings. The number of likely N-dealkylation sites (tertiary alicyclic amines) is 1. The third kappa shape index (κ3) is 8.77. The first-order chi connectivity index (χ1) is 13.7. The van der Waals surface area contributed by atoms with E-state index in [9.17, 15) is 4.79 Å². The summed E-state index contributed by atoms with van der Waals surface area (Å²) in [7, 11) is 3.37. The van der Waals surface area contributed by atoms with E-state index in [1.165, 1.54) is 32.2 Å². The number of hydrogen-bond acceptors (Lipinski definition) is 4. The van der Waals surface area contributed by atoms with Crippen LogP contribution in [0.25, 0.3) is 0 Å². The van der Waals surface area contributed by atoms with Gasteiger partial charge in [-0.25, -0.2) is 0 Å². The van der Waals surface area contributed by atoms with Crippen molar-refractivity contribution in [1.29, 1.82) is 0 Å². The fourth-order valence-corrected chi connectivity index (χ4v) is 3.56. The molecule has 1 heterocycles. The minimum absolute atomic E-state index is 0. The van der Waals surface area contributed by atoms with Crippen LogP contribution in [0.5, 0.6) is 5.75 Å². The van der Waals surface area contributed by atoms with Crippen molar-refractivity contribution < 1.29 is 9.53 Å². The molecule has 0 aromatic heterocycles. The SMILES string of the molecule is CCC1CCCCN1CCNC(=NC)NCCNC(=O)c1ccc(OC)cc1.I. The van der Waals surface area contributed by atoms with Gasteiger partial charge in [-0.05, 0) is 50.1 Å². The maximum absolute atomic E-state index is 12.1. The number of amides is 1. The lowest BCUT2D eigenvalue weighted by molar-refractivity contribution is 0.0954. The van der Waals surface area contributed by atoms with Crippen LogP contribution in [0.2, 0.25) is 0 Å². The fraction of sp³-hybridized carbons (Fsp3) is 0.619. The second kappa shape index (κ2) is 14.4. The molecule has 8 heteroatoms. The van der Waals surface area contributed by atoms with Crippen LogP contribution >= 0.6 is 24.0 Å². The van der Waals surface area contributed by atoms with Crippen molar-refractivity contribution in [3.63, 3.8) is 0 Å². The number of ether oxygens (including phenoxy) is 1. The molecule has 1 unspecified atom stereocenters. The molecule has 29 heavy (non-hydrogen) atoms. The van der Waals surface area contributed by atoms with Gasteiger partial charge in [0.15, 0.2) is 5.96 Å². The molecule has 0 bridgehead atoms. The summed E-state index contributed by atoms with van der Waals surface area (Å²) in [4.78, 5) is 19.0. The first-order valence-corrected chi connectivity index (χ1v) is 10.3. The molecule has 0 spiro atoms. The van der Waals surface area contributed by atoms with Crippen molar-refractivity contribution in [3.8, 4) is 5.75 Å². The van der Waals surface area contributed by atoms with E-state index in [1.807, 2.05) is 0 Å². The molecule has 2 rings (SSSR count). The minimum Gasteiger partial charge on any atom is -0.497 e. The summed E-state index contributed by atoms with van der Waals surface area (Å²) in [5.74, 6) is 1.41. The molecule has 7 nitrogen and oxygen atoms in total. The van der Waals surface area contributed by atoms with Crippen LogP contribution < -0.4 is 20.7 Å². The Kier molecular flexibility index (Phi) is 12.7. The summed E-state index contributed by atoms with van der Waals surface area (Å²) in [6, 6.07) is 7.80. The van der Waals surface area contributed by atoms with Crippen LogP contribution in [0.15, 0.2) is 29.3 Å². The molecule has 1 aromatic carbocycles. The first kappa shape index (κ1) is 25.5. The fourth-order valence-electron chi connectivity index (χ4n) is 3.56. The molecule has 1 aliphatic rings. The Bertz CT molecular complexity index is 624. The third-order valence-corrected chi connectivity index (χ3v) is 5.19. The van der Waals surface area contributed by atoms with Crippen LogP contribution in [-0.4, -0.2) is 69.7 Å². The molecule has 1 amide bonds. The molecule has 0 aliphatic carbocycles. The second-order valence-electron chi connectivity index (χ2n) is 7.00. The average molecular weight is 517 g/mol. The highest BCUT2D eigenvalue weighted by atomic mass is 127. The number of aliphatic imine (C=N–C) groups is 1. The zero-order valence-electron chi connectivity index (χ0n) is 17.9. The van der Waals surface area contributed by atoms with Gasteiger partial charge in [0.05, 0.1) is 7.11 Å². The smallest absolute Gasteiger partial charge is 0.251 e. The lowest BCUT2D eigenvalue weighted by Gasteiger charge is -2.35. The quantitative estimate of drug-likeness (QED) is 0.203. The molecule has 164 valence electrons. The van der Waals surface area contributed by atoms with Crippen molar-refractivity contribution in [2.24, 2.45) is 4.99 Å². The van der Waals surface area contributed by atoms with Gasteiger partial charge in [-0.1, -0.05) is 13.3 Å². The number of guanidine groups is 1. The summed E-state index contributed by atoms with van der Waals surface area (Å²) in [5, 5.41) is 9.51. The number of hydrogen-bond donors (Lipinski definition) is 3. The number of nitrogens with one attached hydrogen (secondary N) is 3. The molecule has 1 fully saturated rings. The number of nitrogens with zero attached hydrogens (tertiary/aromatic N) is 2. The summed E-state index contributed by atoms with van der Waals surface area (Å²) in [6.07, 6.45) is 5.20. The van der Waals surface area contributed by atoms with Gasteiger partial charge in [-0.2, -0.15) is 0 Å². The lowest BCUT2D eigenvalue weighted by Crippen LogP contribution is -2.46. The normalized spacial score (nSPS) is 17.2. The topological polar surface area (TPSA) is 78.0 Å². The van der Waals surface area contributed by atoms with Gasteiger partial charge in [-0.15, -0.1) is 24.0 Å². The van der Waals surface area contributed by atoms with Crippen LogP contribution in [-0.2, 0) is 0 Å². The largest absolute Gasteiger partial charge is 0.497 e. The van der Waals surface area contributed by atoms with E-state index >= 15 is 0 Å². The number of piperidine rings is 1. The van der Waals surface area contributed by atoms with E-state index in [-0.39, 0.29) is 29.9 Å². The van der Waals surface area contributed by atoms with Crippen molar-refractivity contribution in [2.45, 2.75) is 38.6 Å². The molecule has 0 radical (unpaired) electrons. The van der Waals surface area contributed by atoms with Crippen molar-refractivity contribution in [2.75, 3.05) is 46.9 Å². The maximum Gasteiger partial charge on any atom is 0.251 e. The highest BCUT2D eigenvalue weighted by Crippen LogP contribution is 2.18. The molecule has 3 N–H and O–H groups in total. The van der Waals surface area contributed by atoms with E-state index in [2.05, 4.69) is 32.8 Å². The standard InChI is InChI=1S/C21H35N5O2.HI/c1-4-18-7-5-6-15-26(18)16-14-25-21(22-2)24-13-12-23-20(27)17-8-10-19(28-3)11-9-17;/h8-11,18H,4-7,12-16H2,1-3H3,(H,23,27)(H2,22,24,25);1H. The predicted octanol–water partition coefficient (Wildman–Crippen LogP) is 2.47. The van der Waals surface area contributed by atoms with Gasteiger partial charge >= 0.3 is 0 Å². The second-order valence-corrected chi connectivity index (χ2v) is 7.00. The predicted molar refractivity (Wildman–Crippen MR) is 130 cm³/mol. The van der Waals surface area contributed by atoms with Crippen LogP contribution in [0.3, 0.4) is 0 Å². The van der Waals surface area contributed by atoms with Crippen molar-refractivity contribution >= 4 is 35.8 Å². The van der Waals surface area contributed by atoms with Gasteiger partial charge in [0.1, 0.15) is 5.75 Å². The summed E-state index contributed by atoms with van der Waals surface area (Å²) < 4.78 is 5.10. The van der Waals surface area contributed by atoms with Crippen LogP contribution in [0.1, 0.15) is 43.0 Å². The number of carbonyl (C=O) groups is 1. The van der Waals surface area contributed by atoms with Gasteiger partial charge in [-0.3, -0.25) is 14.7 Å². The first-order valence-electron chi connectivity index (χ1n) is 10.3. The highest BCUT2D eigenvalue weighted by molar-refractivity contribution is 14.0. The number of rotatable bonds is 9. The molecular formula is C21H36IN5O2. The Labute approximate surface area is 192 Å². The summed E-state index contributed by atoms with van der Waals surface area (Å²) in [6.45, 7) is 6.51. The van der Waals surface area contributed by atoms with E-state index in [0.717, 1.165) is 30.8 Å². The van der Waals surface area contributed by atoms with Gasteiger partial charge in [0, 0.05) is 44.8 Å². The molecule has 1 atom stereocenters. The average Bonchev–Trinajstić information content (AvgIpc) is 2.75. The number of carbonyl (C=O) groups excluding carboxylic acids is 1. The van der Waals surface area contributed by atoms with Gasteiger partial charge < -0.3 is 20.7 Å². The Balaban J connectivity index is 0.00000420. The van der Waals surface area contributed by atoms with E-state index in [4.69, 9.17) is 4.74 Å². The summed E-state index contributed by atoms with van der Waals surface area (Å²) >= 11 is 0. The zero-order valence-corrected chi connectivity index (χ0v) is 20.2. The maximum atomic E-state index is 12.1. The van der Waals surface area contributed by atoms with Crippen molar-refractivity contribution in [1.82, 2.24) is 20.9 Å². The van der Waals surface area contributed by atoms with Gasteiger partial charge in [0.25, 0.3) is 5.91 Å². The zero-order chi connectivity index (χ0) is 20.2. The van der Waals surface area contributed by atoms with Gasteiger partial charge in [0.2, 0.25) is 0 Å². The minimum atomic E-state index is -0.0943. The van der Waals surface area contributed by atoms with Crippen molar-refractivity contribution in [3.05, 3.63) is 29.8 Å². The summed E-state index contributed by atoms with van der Waals surface area (Å²) in [5.41, 5.74) is 0.621. The highest BCUT2D eigenvalue weighted by Gasteiger charge is 2.19. The Morgan fingerprint density at radius 2 is 1.83 bits per heavy atom. The molecular weight excluding hydrogens is 481 g/mol. The number of methoxy groups -OCH3 is 1. The number of benzene rings is 1. The van der Waals surface area contributed by atoms with E-state index < -0.39 is 0 Å². The lowest BCUT2D eigenvalue weighted by atomic mass is 10.0. The molecule has 1 aliphatic heterocycles. The monoisotopic (exact) mass is 517 g/mol. The Morgan fingerprint density at radius 1 is 1.14 bits per heavy atom. The van der Waals surface area contributed by atoms with E-state index in [0.29, 0.717) is 18.7 Å². The molecule has 1 saturated heterocycles. The van der Waals surface area contributed by atoms with Crippen LogP contribution in [0.4, 0.5) is 0 Å². The van der Waals surface area contributed by atoms with E-state index in [1.54, 1.807) is 38.4 Å². The Hall–Kier alpha value is -1.55. The molecule has 0 saturated carbocycles. The Morgan fingerprint density at radius 3 is 2.48 bits per heavy atom.